The third kappa shape index (κ3) is 9.80. The molecule has 19 heteroatoms. The van der Waals surface area contributed by atoms with E-state index in [1.165, 1.54) is 30.3 Å². The molecule has 0 aliphatic rings. The van der Waals surface area contributed by atoms with Gasteiger partial charge < -0.3 is 20.1 Å². The third-order valence-electron chi connectivity index (χ3n) is 7.53. The molecule has 1 atom stereocenters. The molecule has 0 aliphatic heterocycles. The van der Waals surface area contributed by atoms with Crippen molar-refractivity contribution in [3.63, 3.8) is 0 Å². The second-order valence-corrected chi connectivity index (χ2v) is 18.4. The zero-order chi connectivity index (χ0) is 36.8. The normalized spacial score (nSPS) is 12.8. The average Bonchev–Trinajstić information content (AvgIpc) is 3.03. The van der Waals surface area contributed by atoms with E-state index in [2.05, 4.69) is 50.3 Å². The summed E-state index contributed by atoms with van der Waals surface area (Å²) in [6.07, 6.45) is -3.64. The Kier molecular flexibility index (Phi) is 12.3. The summed E-state index contributed by atoms with van der Waals surface area (Å²) in [5.41, 5.74) is -3.74. The average molecular weight is 729 g/mol. The molecule has 272 valence electrons. The second-order valence-electron chi connectivity index (χ2n) is 12.7. The number of alkyl halides is 5. The van der Waals surface area contributed by atoms with Crippen LogP contribution in [-0.2, 0) is 24.2 Å². The SMILES string of the molecule is COc1cnc(-c2cc3ncn(CCCC(C)Nc4cnn(COCC[Si](C)(C)C)c(=O)c4C(F)(F)F)c(=O)c3cc2F)nc1NCC(F)F. The second kappa shape index (κ2) is 16.0. The molecule has 4 aromatic rings. The lowest BCUT2D eigenvalue weighted by Gasteiger charge is -2.20. The predicted octanol–water partition coefficient (Wildman–Crippen LogP) is 5.85. The summed E-state index contributed by atoms with van der Waals surface area (Å²) in [7, 11) is -0.141. The predicted molar refractivity (Wildman–Crippen MR) is 178 cm³/mol. The summed E-state index contributed by atoms with van der Waals surface area (Å²) in [5, 5.41) is 8.95. The van der Waals surface area contributed by atoms with Crippen LogP contribution in [0.4, 0.5) is 37.8 Å². The minimum Gasteiger partial charge on any atom is -0.491 e. The number of hydrogen-bond acceptors (Lipinski definition) is 10. The summed E-state index contributed by atoms with van der Waals surface area (Å²) in [6, 6.07) is 2.46. The van der Waals surface area contributed by atoms with Gasteiger partial charge in [0.2, 0.25) is 0 Å². The summed E-state index contributed by atoms with van der Waals surface area (Å²) in [6.45, 7) is 7.28. The molecule has 0 saturated carbocycles. The van der Waals surface area contributed by atoms with E-state index in [4.69, 9.17) is 9.47 Å². The van der Waals surface area contributed by atoms with Crippen LogP contribution in [0.25, 0.3) is 22.3 Å². The Balaban J connectivity index is 1.44. The number of aromatic nitrogens is 6. The standard InChI is InChI=1S/C31H38F6N8O4Si/c1-18(42-23-13-41-45(17-49-9-10-50(3,4)5)30(47)26(23)31(35,36)37)7-6-8-44-16-40-22-12-19(21(32)11-20(22)29(44)46)27-38-14-24(48-2)28(43-27)39-15-25(33)34/h11-14,16,18,25,42H,6-10,15,17H2,1-5H3,(H,38,39,43). The van der Waals surface area contributed by atoms with Gasteiger partial charge in [0, 0.05) is 27.3 Å². The number of halogens is 6. The molecule has 0 spiro atoms. The number of ether oxygens (including phenoxy) is 2. The first-order valence-electron chi connectivity index (χ1n) is 15.6. The van der Waals surface area contributed by atoms with Crippen LogP contribution >= 0.6 is 0 Å². The van der Waals surface area contributed by atoms with Gasteiger partial charge in [0.25, 0.3) is 17.5 Å². The first-order valence-corrected chi connectivity index (χ1v) is 19.3. The van der Waals surface area contributed by atoms with Gasteiger partial charge in [0.15, 0.2) is 17.4 Å². The molecule has 3 heterocycles. The van der Waals surface area contributed by atoms with Gasteiger partial charge in [-0.05, 0) is 37.9 Å². The summed E-state index contributed by atoms with van der Waals surface area (Å²) in [4.78, 5) is 38.3. The van der Waals surface area contributed by atoms with Crippen molar-refractivity contribution in [2.45, 2.75) is 77.4 Å². The highest BCUT2D eigenvalue weighted by atomic mass is 28.3. The first-order chi connectivity index (χ1) is 23.5. The molecular formula is C31H38F6N8O4Si. The van der Waals surface area contributed by atoms with Crippen molar-refractivity contribution < 1.29 is 35.8 Å². The highest BCUT2D eigenvalue weighted by Gasteiger charge is 2.38. The van der Waals surface area contributed by atoms with Crippen molar-refractivity contribution in [1.29, 1.82) is 0 Å². The lowest BCUT2D eigenvalue weighted by atomic mass is 10.1. The Morgan fingerprint density at radius 3 is 2.46 bits per heavy atom. The van der Waals surface area contributed by atoms with Crippen LogP contribution in [0.3, 0.4) is 0 Å². The van der Waals surface area contributed by atoms with Gasteiger partial charge >= 0.3 is 6.18 Å². The largest absolute Gasteiger partial charge is 0.491 e. The van der Waals surface area contributed by atoms with Gasteiger partial charge in [-0.2, -0.15) is 18.3 Å². The molecule has 0 bridgehead atoms. The lowest BCUT2D eigenvalue weighted by Crippen LogP contribution is -2.34. The van der Waals surface area contributed by atoms with Crippen LogP contribution in [0.1, 0.15) is 25.3 Å². The number of fused-ring (bicyclic) bond motifs is 1. The van der Waals surface area contributed by atoms with Crippen molar-refractivity contribution in [2.75, 3.05) is 30.9 Å². The molecule has 0 aliphatic carbocycles. The van der Waals surface area contributed by atoms with Gasteiger partial charge in [0.05, 0.1) is 54.5 Å². The third-order valence-corrected chi connectivity index (χ3v) is 9.23. The molecular weight excluding hydrogens is 690 g/mol. The quantitative estimate of drug-likeness (QED) is 0.0822. The van der Waals surface area contributed by atoms with Crippen LogP contribution in [0, 0.1) is 5.82 Å². The van der Waals surface area contributed by atoms with Gasteiger partial charge in [-0.15, -0.1) is 0 Å². The minimum absolute atomic E-state index is 0.0459. The van der Waals surface area contributed by atoms with Gasteiger partial charge in [-0.3, -0.25) is 14.2 Å². The fraction of sp³-hybridized carbons (Fsp3) is 0.484. The molecule has 0 amide bonds. The maximum absolute atomic E-state index is 15.2. The fourth-order valence-corrected chi connectivity index (χ4v) is 5.62. The van der Waals surface area contributed by atoms with Crippen LogP contribution in [0.5, 0.6) is 5.75 Å². The van der Waals surface area contributed by atoms with Crippen molar-refractivity contribution in [2.24, 2.45) is 0 Å². The van der Waals surface area contributed by atoms with Crippen LogP contribution in [0.2, 0.25) is 25.7 Å². The molecule has 12 nitrogen and oxygen atoms in total. The van der Waals surface area contributed by atoms with Crippen molar-refractivity contribution in [1.82, 2.24) is 29.3 Å². The molecule has 1 unspecified atom stereocenters. The Bertz CT molecular complexity index is 1920. The highest BCUT2D eigenvalue weighted by Crippen LogP contribution is 2.32. The number of aryl methyl sites for hydroxylation is 1. The molecule has 2 N–H and O–H groups in total. The number of anilines is 2. The molecule has 50 heavy (non-hydrogen) atoms. The molecule has 1 aromatic carbocycles. The number of nitrogens with one attached hydrogen (secondary N) is 2. The van der Waals surface area contributed by atoms with Gasteiger partial charge in [-0.25, -0.2) is 32.8 Å². The lowest BCUT2D eigenvalue weighted by molar-refractivity contribution is -0.138. The van der Waals surface area contributed by atoms with Crippen molar-refractivity contribution >= 4 is 30.5 Å². The van der Waals surface area contributed by atoms with E-state index in [0.29, 0.717) is 17.7 Å². The van der Waals surface area contributed by atoms with Crippen LogP contribution in [0.15, 0.2) is 40.4 Å². The van der Waals surface area contributed by atoms with E-state index in [1.807, 2.05) is 0 Å². The zero-order valence-electron chi connectivity index (χ0n) is 28.1. The van der Waals surface area contributed by atoms with E-state index in [-0.39, 0.29) is 46.8 Å². The maximum atomic E-state index is 15.2. The first kappa shape index (κ1) is 38.3. The molecule has 4 rings (SSSR count). The molecule has 3 aromatic heterocycles. The molecule has 0 saturated heterocycles. The van der Waals surface area contributed by atoms with Crippen LogP contribution in [-0.4, -0.2) is 70.1 Å². The fourth-order valence-electron chi connectivity index (χ4n) is 4.86. The zero-order valence-corrected chi connectivity index (χ0v) is 29.1. The smallest absolute Gasteiger partial charge is 0.423 e. The number of rotatable bonds is 16. The highest BCUT2D eigenvalue weighted by molar-refractivity contribution is 6.76. The van der Waals surface area contributed by atoms with Gasteiger partial charge in [0.1, 0.15) is 18.1 Å². The maximum Gasteiger partial charge on any atom is 0.423 e. The van der Waals surface area contributed by atoms with E-state index < -0.39 is 68.2 Å². The summed E-state index contributed by atoms with van der Waals surface area (Å²) < 4.78 is 95.0. The molecule has 0 fully saturated rings. The van der Waals surface area contributed by atoms with E-state index >= 15 is 4.39 Å². The van der Waals surface area contributed by atoms with Gasteiger partial charge in [-0.1, -0.05) is 19.6 Å². The Labute approximate surface area is 283 Å². The minimum atomic E-state index is -4.95. The van der Waals surface area contributed by atoms with Crippen LogP contribution < -0.4 is 26.5 Å². The Hall–Kier alpha value is -4.52. The van der Waals surface area contributed by atoms with E-state index in [1.54, 1.807) is 6.92 Å². The number of methoxy groups -OCH3 is 1. The summed E-state index contributed by atoms with van der Waals surface area (Å²) >= 11 is 0. The summed E-state index contributed by atoms with van der Waals surface area (Å²) in [5.74, 6) is -1.01. The monoisotopic (exact) mass is 728 g/mol. The topological polar surface area (TPSA) is 138 Å². The number of benzene rings is 1. The Morgan fingerprint density at radius 2 is 1.80 bits per heavy atom. The number of hydrogen-bond donors (Lipinski definition) is 2. The van der Waals surface area contributed by atoms with Crippen molar-refractivity contribution in [3.05, 3.63) is 62.9 Å². The van der Waals surface area contributed by atoms with E-state index in [9.17, 15) is 31.5 Å². The Morgan fingerprint density at radius 1 is 1.06 bits per heavy atom. The van der Waals surface area contributed by atoms with E-state index in [0.717, 1.165) is 18.3 Å². The van der Waals surface area contributed by atoms with Crippen molar-refractivity contribution in [3.8, 4) is 17.1 Å². The molecule has 0 radical (unpaired) electrons. The number of nitrogens with zero attached hydrogens (tertiary/aromatic N) is 6.